The molecule has 0 fully saturated rings. The van der Waals surface area contributed by atoms with Gasteiger partial charge in [-0.05, 0) is 62.1 Å². The predicted octanol–water partition coefficient (Wildman–Crippen LogP) is 5.53. The van der Waals surface area contributed by atoms with Gasteiger partial charge in [-0.1, -0.05) is 49.0 Å². The molecule has 0 saturated carbocycles. The zero-order valence-electron chi connectivity index (χ0n) is 15.7. The summed E-state index contributed by atoms with van der Waals surface area (Å²) < 4.78 is 0. The van der Waals surface area contributed by atoms with Crippen molar-refractivity contribution < 1.29 is 4.79 Å². The number of aromatic nitrogens is 1. The summed E-state index contributed by atoms with van der Waals surface area (Å²) in [6, 6.07) is 16.3. The molecule has 26 heavy (non-hydrogen) atoms. The smallest absolute Gasteiger partial charge is 0.237 e. The van der Waals surface area contributed by atoms with Gasteiger partial charge < -0.3 is 5.32 Å². The van der Waals surface area contributed by atoms with E-state index >= 15 is 0 Å². The average Bonchev–Trinajstić information content (AvgIpc) is 2.63. The van der Waals surface area contributed by atoms with Crippen molar-refractivity contribution in [2.75, 3.05) is 5.32 Å². The minimum Gasteiger partial charge on any atom is -0.325 e. The van der Waals surface area contributed by atoms with E-state index in [1.807, 2.05) is 31.2 Å². The highest BCUT2D eigenvalue weighted by molar-refractivity contribution is 8.00. The van der Waals surface area contributed by atoms with Crippen LogP contribution in [0.4, 0.5) is 5.69 Å². The van der Waals surface area contributed by atoms with Crippen LogP contribution in [0.1, 0.15) is 30.5 Å². The number of para-hydroxylation sites is 1. The van der Waals surface area contributed by atoms with Crippen LogP contribution in [0, 0.1) is 13.8 Å². The highest BCUT2D eigenvalue weighted by Crippen LogP contribution is 2.28. The summed E-state index contributed by atoms with van der Waals surface area (Å²) in [6.45, 7) is 8.19. The van der Waals surface area contributed by atoms with Gasteiger partial charge in [-0.3, -0.25) is 4.79 Å². The first-order valence-corrected chi connectivity index (χ1v) is 9.79. The normalized spacial score (nSPS) is 12.2. The quantitative estimate of drug-likeness (QED) is 0.605. The first-order valence-electron chi connectivity index (χ1n) is 8.91. The molecule has 4 heteroatoms. The van der Waals surface area contributed by atoms with Crippen LogP contribution in [-0.2, 0) is 11.2 Å². The maximum absolute atomic E-state index is 12.5. The van der Waals surface area contributed by atoms with Crippen LogP contribution < -0.4 is 5.32 Å². The molecular formula is C22H24N2OS. The first kappa shape index (κ1) is 18.5. The first-order chi connectivity index (χ1) is 12.5. The number of pyridine rings is 1. The number of thioether (sulfide) groups is 1. The van der Waals surface area contributed by atoms with E-state index in [-0.39, 0.29) is 11.2 Å². The van der Waals surface area contributed by atoms with E-state index in [1.165, 1.54) is 28.3 Å². The maximum Gasteiger partial charge on any atom is 0.237 e. The largest absolute Gasteiger partial charge is 0.325 e. The average molecular weight is 365 g/mol. The summed E-state index contributed by atoms with van der Waals surface area (Å²) in [5, 5.41) is 4.81. The molecule has 0 aliphatic heterocycles. The molecule has 2 aromatic carbocycles. The van der Waals surface area contributed by atoms with E-state index < -0.39 is 0 Å². The third kappa shape index (κ3) is 4.07. The topological polar surface area (TPSA) is 42.0 Å². The van der Waals surface area contributed by atoms with Crippen molar-refractivity contribution in [1.82, 2.24) is 4.98 Å². The lowest BCUT2D eigenvalue weighted by Crippen LogP contribution is -2.22. The van der Waals surface area contributed by atoms with Gasteiger partial charge in [-0.25, -0.2) is 4.98 Å². The van der Waals surface area contributed by atoms with Crippen molar-refractivity contribution in [3.63, 3.8) is 0 Å². The summed E-state index contributed by atoms with van der Waals surface area (Å²) in [7, 11) is 0. The Balaban J connectivity index is 1.74. The van der Waals surface area contributed by atoms with Crippen LogP contribution in [-0.4, -0.2) is 16.1 Å². The zero-order valence-corrected chi connectivity index (χ0v) is 16.5. The molecule has 1 heterocycles. The Morgan fingerprint density at radius 2 is 1.85 bits per heavy atom. The van der Waals surface area contributed by atoms with E-state index in [0.717, 1.165) is 28.2 Å². The molecule has 0 saturated heterocycles. The molecule has 0 bridgehead atoms. The van der Waals surface area contributed by atoms with E-state index in [9.17, 15) is 4.79 Å². The standard InChI is InChI=1S/C22H24N2OS/c1-5-17-9-11-18(12-10-17)23-22(25)16(4)26-20-13-15(3)19-8-6-7-14(2)21(19)24-20/h6-13,16H,5H2,1-4H3,(H,23,25)/t16-/m1/s1. The van der Waals surface area contributed by atoms with Crippen molar-refractivity contribution in [3.8, 4) is 0 Å². The molecule has 1 amide bonds. The third-order valence-electron chi connectivity index (χ3n) is 4.52. The number of anilines is 1. The van der Waals surface area contributed by atoms with Crippen LogP contribution in [0.25, 0.3) is 10.9 Å². The Morgan fingerprint density at radius 3 is 2.54 bits per heavy atom. The van der Waals surface area contributed by atoms with Crippen LogP contribution in [0.15, 0.2) is 53.6 Å². The molecular weight excluding hydrogens is 340 g/mol. The number of hydrogen-bond acceptors (Lipinski definition) is 3. The monoisotopic (exact) mass is 364 g/mol. The fraction of sp³-hybridized carbons (Fsp3) is 0.273. The molecule has 1 N–H and O–H groups in total. The van der Waals surface area contributed by atoms with Gasteiger partial charge in [0, 0.05) is 11.1 Å². The number of aryl methyl sites for hydroxylation is 3. The fourth-order valence-corrected chi connectivity index (χ4v) is 3.81. The fourth-order valence-electron chi connectivity index (χ4n) is 2.89. The van der Waals surface area contributed by atoms with Crippen molar-refractivity contribution in [2.45, 2.75) is 44.4 Å². The molecule has 0 unspecified atom stereocenters. The van der Waals surface area contributed by atoms with Gasteiger partial charge in [0.25, 0.3) is 0 Å². The Kier molecular flexibility index (Phi) is 5.62. The second kappa shape index (κ2) is 7.92. The van der Waals surface area contributed by atoms with Crippen molar-refractivity contribution >= 4 is 34.3 Å². The number of carbonyl (C=O) groups excluding carboxylic acids is 1. The highest BCUT2D eigenvalue weighted by Gasteiger charge is 2.16. The zero-order chi connectivity index (χ0) is 18.7. The van der Waals surface area contributed by atoms with Gasteiger partial charge in [0.05, 0.1) is 15.8 Å². The Morgan fingerprint density at radius 1 is 1.12 bits per heavy atom. The van der Waals surface area contributed by atoms with Gasteiger partial charge in [-0.15, -0.1) is 0 Å². The Hall–Kier alpha value is -2.33. The van der Waals surface area contributed by atoms with E-state index in [4.69, 9.17) is 4.98 Å². The van der Waals surface area contributed by atoms with Crippen molar-refractivity contribution in [1.29, 1.82) is 0 Å². The summed E-state index contributed by atoms with van der Waals surface area (Å²) in [6.07, 6.45) is 0.993. The van der Waals surface area contributed by atoms with Crippen LogP contribution in [0.5, 0.6) is 0 Å². The number of rotatable bonds is 5. The lowest BCUT2D eigenvalue weighted by atomic mass is 10.1. The SMILES string of the molecule is CCc1ccc(NC(=O)[C@@H](C)Sc2cc(C)c3cccc(C)c3n2)cc1. The van der Waals surface area contributed by atoms with Crippen LogP contribution in [0.3, 0.4) is 0 Å². The second-order valence-corrected chi connectivity index (χ2v) is 7.91. The van der Waals surface area contributed by atoms with Gasteiger partial charge in [0.1, 0.15) is 0 Å². The number of nitrogens with one attached hydrogen (secondary N) is 1. The molecule has 3 nitrogen and oxygen atoms in total. The summed E-state index contributed by atoms with van der Waals surface area (Å²) in [5.41, 5.74) is 5.44. The Labute approximate surface area is 159 Å². The lowest BCUT2D eigenvalue weighted by molar-refractivity contribution is -0.115. The van der Waals surface area contributed by atoms with Gasteiger partial charge >= 0.3 is 0 Å². The highest BCUT2D eigenvalue weighted by atomic mass is 32.2. The third-order valence-corrected chi connectivity index (χ3v) is 5.54. The number of hydrogen-bond donors (Lipinski definition) is 1. The van der Waals surface area contributed by atoms with Crippen LogP contribution >= 0.6 is 11.8 Å². The van der Waals surface area contributed by atoms with E-state index in [2.05, 4.69) is 50.4 Å². The minimum absolute atomic E-state index is 0.0106. The molecule has 0 aliphatic rings. The van der Waals surface area contributed by atoms with Crippen LogP contribution in [0.2, 0.25) is 0 Å². The van der Waals surface area contributed by atoms with Gasteiger partial charge in [0.2, 0.25) is 5.91 Å². The molecule has 3 aromatic rings. The summed E-state index contributed by atoms with van der Waals surface area (Å²) in [4.78, 5) is 17.3. The molecule has 1 atom stereocenters. The molecule has 0 spiro atoms. The molecule has 0 radical (unpaired) electrons. The number of nitrogens with zero attached hydrogens (tertiary/aromatic N) is 1. The molecule has 0 aliphatic carbocycles. The molecule has 134 valence electrons. The number of fused-ring (bicyclic) bond motifs is 1. The Bertz CT molecular complexity index is 935. The number of benzene rings is 2. The number of carbonyl (C=O) groups is 1. The summed E-state index contributed by atoms with van der Waals surface area (Å²) in [5.74, 6) is -0.0106. The second-order valence-electron chi connectivity index (χ2n) is 6.55. The van der Waals surface area contributed by atoms with Gasteiger partial charge in [0.15, 0.2) is 0 Å². The van der Waals surface area contributed by atoms with Gasteiger partial charge in [-0.2, -0.15) is 0 Å². The number of amides is 1. The van der Waals surface area contributed by atoms with Crippen molar-refractivity contribution in [2.24, 2.45) is 0 Å². The lowest BCUT2D eigenvalue weighted by Gasteiger charge is -2.13. The predicted molar refractivity (Wildman–Crippen MR) is 111 cm³/mol. The van der Waals surface area contributed by atoms with E-state index in [0.29, 0.717) is 0 Å². The summed E-state index contributed by atoms with van der Waals surface area (Å²) >= 11 is 1.49. The molecule has 1 aromatic heterocycles. The minimum atomic E-state index is -0.228. The maximum atomic E-state index is 12.5. The molecule has 3 rings (SSSR count). The van der Waals surface area contributed by atoms with E-state index in [1.54, 1.807) is 0 Å². The van der Waals surface area contributed by atoms with Crippen molar-refractivity contribution in [3.05, 3.63) is 65.2 Å².